The van der Waals surface area contributed by atoms with Crippen LogP contribution in [0, 0.1) is 6.92 Å². The van der Waals surface area contributed by atoms with Gasteiger partial charge in [0.2, 0.25) is 0 Å². The molecule has 0 saturated heterocycles. The third-order valence-electron chi connectivity index (χ3n) is 2.64. The van der Waals surface area contributed by atoms with Crippen molar-refractivity contribution < 1.29 is 9.90 Å². The molecule has 0 bridgehead atoms. The van der Waals surface area contributed by atoms with Crippen molar-refractivity contribution in [2.24, 2.45) is 0 Å². The lowest BCUT2D eigenvalue weighted by Gasteiger charge is -2.06. The summed E-state index contributed by atoms with van der Waals surface area (Å²) in [7, 11) is 0. The van der Waals surface area contributed by atoms with Gasteiger partial charge in [0.25, 0.3) is 5.91 Å². The third kappa shape index (κ3) is 2.88. The highest BCUT2D eigenvalue weighted by Gasteiger charge is 2.06. The molecular formula is C13H15N3O2. The van der Waals surface area contributed by atoms with Crippen LogP contribution in [0.1, 0.15) is 15.9 Å². The Morgan fingerprint density at radius 2 is 2.33 bits per heavy atom. The van der Waals surface area contributed by atoms with E-state index in [1.807, 2.05) is 12.3 Å². The van der Waals surface area contributed by atoms with Crippen LogP contribution in [-0.4, -0.2) is 27.3 Å². The Morgan fingerprint density at radius 3 is 3.00 bits per heavy atom. The molecule has 2 aromatic rings. The van der Waals surface area contributed by atoms with Crippen molar-refractivity contribution in [3.8, 4) is 5.75 Å². The standard InChI is InChI=1S/C13H15N3O2/c1-10-9-11(3-4-12(10)17)13(18)14-6-8-16-7-2-5-15-16/h2-5,7,9,17H,6,8H2,1H3,(H,14,18). The monoisotopic (exact) mass is 245 g/mol. The molecule has 0 fully saturated rings. The van der Waals surface area contributed by atoms with Gasteiger partial charge >= 0.3 is 0 Å². The van der Waals surface area contributed by atoms with Gasteiger partial charge in [-0.15, -0.1) is 0 Å². The van der Waals surface area contributed by atoms with Gasteiger partial charge in [-0.3, -0.25) is 9.48 Å². The number of aryl methyl sites for hydroxylation is 1. The lowest BCUT2D eigenvalue weighted by atomic mass is 10.1. The molecule has 0 spiro atoms. The molecule has 0 saturated carbocycles. The number of aromatic hydroxyl groups is 1. The van der Waals surface area contributed by atoms with Crippen LogP contribution in [0.2, 0.25) is 0 Å². The molecule has 0 radical (unpaired) electrons. The van der Waals surface area contributed by atoms with Crippen LogP contribution in [0.25, 0.3) is 0 Å². The van der Waals surface area contributed by atoms with E-state index in [0.29, 0.717) is 24.2 Å². The SMILES string of the molecule is Cc1cc(C(=O)NCCn2cccn2)ccc1O. The molecule has 0 aliphatic carbocycles. The number of hydrogen-bond acceptors (Lipinski definition) is 3. The van der Waals surface area contributed by atoms with Gasteiger partial charge in [-0.2, -0.15) is 5.10 Å². The molecule has 2 N–H and O–H groups in total. The number of phenolic OH excluding ortho intramolecular Hbond substituents is 1. The van der Waals surface area contributed by atoms with Crippen LogP contribution in [0.15, 0.2) is 36.7 Å². The van der Waals surface area contributed by atoms with Crippen LogP contribution in [0.4, 0.5) is 0 Å². The van der Waals surface area contributed by atoms with Crippen molar-refractivity contribution >= 4 is 5.91 Å². The zero-order chi connectivity index (χ0) is 13.0. The number of aromatic nitrogens is 2. The average Bonchev–Trinajstić information content (AvgIpc) is 2.85. The van der Waals surface area contributed by atoms with Crippen LogP contribution in [0.3, 0.4) is 0 Å². The Balaban J connectivity index is 1.89. The summed E-state index contributed by atoms with van der Waals surface area (Å²) in [6.45, 7) is 2.91. The van der Waals surface area contributed by atoms with Crippen molar-refractivity contribution in [2.45, 2.75) is 13.5 Å². The van der Waals surface area contributed by atoms with Gasteiger partial charge in [-0.05, 0) is 36.8 Å². The van der Waals surface area contributed by atoms with E-state index in [1.54, 1.807) is 29.9 Å². The first-order valence-electron chi connectivity index (χ1n) is 5.72. The van der Waals surface area contributed by atoms with Gasteiger partial charge in [-0.1, -0.05) is 0 Å². The van der Waals surface area contributed by atoms with Crippen molar-refractivity contribution in [2.75, 3.05) is 6.54 Å². The first kappa shape index (κ1) is 12.2. The highest BCUT2D eigenvalue weighted by molar-refractivity contribution is 5.94. The van der Waals surface area contributed by atoms with E-state index >= 15 is 0 Å². The van der Waals surface area contributed by atoms with Crippen molar-refractivity contribution in [3.05, 3.63) is 47.8 Å². The second-order valence-corrected chi connectivity index (χ2v) is 4.03. The molecule has 1 aromatic heterocycles. The maximum Gasteiger partial charge on any atom is 0.251 e. The predicted molar refractivity (Wildman–Crippen MR) is 67.4 cm³/mol. The summed E-state index contributed by atoms with van der Waals surface area (Å²) in [6.07, 6.45) is 3.54. The number of nitrogens with one attached hydrogen (secondary N) is 1. The van der Waals surface area contributed by atoms with Crippen LogP contribution in [0.5, 0.6) is 5.75 Å². The van der Waals surface area contributed by atoms with Crippen LogP contribution >= 0.6 is 0 Å². The third-order valence-corrected chi connectivity index (χ3v) is 2.64. The topological polar surface area (TPSA) is 67.2 Å². The molecule has 94 valence electrons. The summed E-state index contributed by atoms with van der Waals surface area (Å²) in [5, 5.41) is 16.2. The molecule has 0 atom stereocenters. The van der Waals surface area contributed by atoms with Gasteiger partial charge in [0.05, 0.1) is 6.54 Å². The van der Waals surface area contributed by atoms with Crippen molar-refractivity contribution in [3.63, 3.8) is 0 Å². The number of rotatable bonds is 4. The minimum atomic E-state index is -0.148. The number of phenols is 1. The second kappa shape index (κ2) is 5.35. The fraction of sp³-hybridized carbons (Fsp3) is 0.231. The molecule has 5 nitrogen and oxygen atoms in total. The van der Waals surface area contributed by atoms with Gasteiger partial charge in [0.1, 0.15) is 5.75 Å². The Kier molecular flexibility index (Phi) is 3.62. The molecule has 1 amide bonds. The highest BCUT2D eigenvalue weighted by atomic mass is 16.3. The van der Waals surface area contributed by atoms with E-state index in [9.17, 15) is 9.90 Å². The zero-order valence-electron chi connectivity index (χ0n) is 10.1. The number of amides is 1. The van der Waals surface area contributed by atoms with E-state index < -0.39 is 0 Å². The maximum atomic E-state index is 11.8. The van der Waals surface area contributed by atoms with E-state index in [4.69, 9.17) is 0 Å². The van der Waals surface area contributed by atoms with E-state index in [-0.39, 0.29) is 11.7 Å². The fourth-order valence-electron chi connectivity index (χ4n) is 1.62. The molecule has 0 aliphatic rings. The largest absolute Gasteiger partial charge is 0.508 e. The average molecular weight is 245 g/mol. The second-order valence-electron chi connectivity index (χ2n) is 4.03. The molecule has 0 unspecified atom stereocenters. The first-order valence-corrected chi connectivity index (χ1v) is 5.72. The van der Waals surface area contributed by atoms with Crippen molar-refractivity contribution in [1.82, 2.24) is 15.1 Å². The lowest BCUT2D eigenvalue weighted by molar-refractivity contribution is 0.0952. The fourth-order valence-corrected chi connectivity index (χ4v) is 1.62. The van der Waals surface area contributed by atoms with E-state index in [2.05, 4.69) is 10.4 Å². The Morgan fingerprint density at radius 1 is 1.50 bits per heavy atom. The van der Waals surface area contributed by atoms with Crippen molar-refractivity contribution in [1.29, 1.82) is 0 Å². The lowest BCUT2D eigenvalue weighted by Crippen LogP contribution is -2.27. The molecule has 1 heterocycles. The molecule has 5 heteroatoms. The zero-order valence-corrected chi connectivity index (χ0v) is 10.1. The summed E-state index contributed by atoms with van der Waals surface area (Å²) in [6, 6.07) is 6.63. The van der Waals surface area contributed by atoms with Gasteiger partial charge in [0.15, 0.2) is 0 Å². The minimum Gasteiger partial charge on any atom is -0.508 e. The van der Waals surface area contributed by atoms with E-state index in [0.717, 1.165) is 0 Å². The number of carbonyl (C=O) groups excluding carboxylic acids is 1. The number of hydrogen-bond donors (Lipinski definition) is 2. The van der Waals surface area contributed by atoms with E-state index in [1.165, 1.54) is 6.07 Å². The molecular weight excluding hydrogens is 230 g/mol. The Bertz CT molecular complexity index is 535. The molecule has 0 aliphatic heterocycles. The molecule has 2 rings (SSSR count). The number of benzene rings is 1. The predicted octanol–water partition coefficient (Wildman–Crippen LogP) is 1.33. The molecule has 18 heavy (non-hydrogen) atoms. The Hall–Kier alpha value is -2.30. The van der Waals surface area contributed by atoms with Crippen LogP contribution < -0.4 is 5.32 Å². The van der Waals surface area contributed by atoms with Gasteiger partial charge in [-0.25, -0.2) is 0 Å². The minimum absolute atomic E-state index is 0.148. The number of nitrogens with zero attached hydrogens (tertiary/aromatic N) is 2. The summed E-state index contributed by atoms with van der Waals surface area (Å²) < 4.78 is 1.75. The van der Waals surface area contributed by atoms with Crippen LogP contribution in [-0.2, 0) is 6.54 Å². The summed E-state index contributed by atoms with van der Waals surface area (Å²) in [5.74, 6) is 0.0494. The van der Waals surface area contributed by atoms with Gasteiger partial charge < -0.3 is 10.4 Å². The first-order chi connectivity index (χ1) is 8.66. The number of carbonyl (C=O) groups is 1. The summed E-state index contributed by atoms with van der Waals surface area (Å²) in [4.78, 5) is 11.8. The summed E-state index contributed by atoms with van der Waals surface area (Å²) in [5.41, 5.74) is 1.24. The highest BCUT2D eigenvalue weighted by Crippen LogP contribution is 2.16. The Labute approximate surface area is 105 Å². The molecule has 1 aromatic carbocycles. The normalized spacial score (nSPS) is 10.3. The summed E-state index contributed by atoms with van der Waals surface area (Å²) >= 11 is 0. The smallest absolute Gasteiger partial charge is 0.251 e. The maximum absolute atomic E-state index is 11.8. The quantitative estimate of drug-likeness (QED) is 0.853. The van der Waals surface area contributed by atoms with Gasteiger partial charge in [0, 0.05) is 24.5 Å².